The number of rotatable bonds is 5. The molecule has 0 fully saturated rings. The topological polar surface area (TPSA) is 94.1 Å². The first-order valence-electron chi connectivity index (χ1n) is 9.30. The second-order valence-electron chi connectivity index (χ2n) is 7.18. The Bertz CT molecular complexity index is 1170. The molecule has 0 atom stereocenters. The summed E-state index contributed by atoms with van der Waals surface area (Å²) in [7, 11) is 2.73. The van der Waals surface area contributed by atoms with Crippen molar-refractivity contribution in [1.82, 2.24) is 20.3 Å². The number of amides is 1. The molecular weight excluding hydrogens is 406 g/mol. The van der Waals surface area contributed by atoms with Crippen molar-refractivity contribution in [2.24, 2.45) is 0 Å². The molecule has 0 saturated carbocycles. The SMILES string of the molecule is CNC(=O)C(C)(C)c1cccc(-c2nc(-c3cc(C(=O)OC)ccn3)c(F)cc2F)n1. The van der Waals surface area contributed by atoms with E-state index >= 15 is 0 Å². The molecule has 3 aromatic rings. The Morgan fingerprint density at radius 2 is 1.68 bits per heavy atom. The molecule has 3 rings (SSSR count). The Labute approximate surface area is 177 Å². The van der Waals surface area contributed by atoms with E-state index < -0.39 is 23.0 Å². The monoisotopic (exact) mass is 426 g/mol. The van der Waals surface area contributed by atoms with Crippen LogP contribution in [0.3, 0.4) is 0 Å². The van der Waals surface area contributed by atoms with Crippen molar-refractivity contribution < 1.29 is 23.1 Å². The number of methoxy groups -OCH3 is 1. The number of esters is 1. The van der Waals surface area contributed by atoms with Gasteiger partial charge in [-0.25, -0.2) is 23.5 Å². The van der Waals surface area contributed by atoms with Crippen molar-refractivity contribution in [3.63, 3.8) is 0 Å². The average Bonchev–Trinajstić information content (AvgIpc) is 2.78. The van der Waals surface area contributed by atoms with Gasteiger partial charge in [-0.15, -0.1) is 0 Å². The van der Waals surface area contributed by atoms with E-state index in [0.717, 1.165) is 0 Å². The van der Waals surface area contributed by atoms with Crippen molar-refractivity contribution in [3.05, 3.63) is 65.5 Å². The molecule has 1 N–H and O–H groups in total. The van der Waals surface area contributed by atoms with Crippen molar-refractivity contribution in [1.29, 1.82) is 0 Å². The van der Waals surface area contributed by atoms with Gasteiger partial charge in [0.05, 0.1) is 35.2 Å². The Balaban J connectivity index is 2.12. The van der Waals surface area contributed by atoms with Crippen LogP contribution in [0.5, 0.6) is 0 Å². The lowest BCUT2D eigenvalue weighted by atomic mass is 9.87. The zero-order chi connectivity index (χ0) is 22.8. The van der Waals surface area contributed by atoms with Gasteiger partial charge in [-0.1, -0.05) is 6.07 Å². The third-order valence-electron chi connectivity index (χ3n) is 4.78. The van der Waals surface area contributed by atoms with Crippen LogP contribution in [-0.4, -0.2) is 41.0 Å². The van der Waals surface area contributed by atoms with Crippen LogP contribution >= 0.6 is 0 Å². The maximum atomic E-state index is 14.6. The fourth-order valence-electron chi connectivity index (χ4n) is 2.97. The van der Waals surface area contributed by atoms with E-state index in [2.05, 4.69) is 25.0 Å². The van der Waals surface area contributed by atoms with Crippen molar-refractivity contribution >= 4 is 11.9 Å². The number of halogens is 2. The number of nitrogens with one attached hydrogen (secondary N) is 1. The van der Waals surface area contributed by atoms with Gasteiger partial charge in [0.2, 0.25) is 5.91 Å². The van der Waals surface area contributed by atoms with Gasteiger partial charge in [0, 0.05) is 19.3 Å². The molecule has 0 radical (unpaired) electrons. The molecule has 0 bridgehead atoms. The maximum absolute atomic E-state index is 14.6. The van der Waals surface area contributed by atoms with E-state index in [1.165, 1.54) is 38.6 Å². The number of ether oxygens (including phenoxy) is 1. The first-order chi connectivity index (χ1) is 14.7. The molecule has 160 valence electrons. The van der Waals surface area contributed by atoms with Crippen LogP contribution in [0.15, 0.2) is 42.6 Å². The Hall–Kier alpha value is -3.75. The molecule has 31 heavy (non-hydrogen) atoms. The quantitative estimate of drug-likeness (QED) is 0.630. The summed E-state index contributed by atoms with van der Waals surface area (Å²) in [5.41, 5.74) is -0.758. The van der Waals surface area contributed by atoms with Crippen LogP contribution in [0.2, 0.25) is 0 Å². The summed E-state index contributed by atoms with van der Waals surface area (Å²) in [6.07, 6.45) is 1.30. The lowest BCUT2D eigenvalue weighted by molar-refractivity contribution is -0.125. The van der Waals surface area contributed by atoms with E-state index in [9.17, 15) is 18.4 Å². The van der Waals surface area contributed by atoms with Gasteiger partial charge in [0.1, 0.15) is 11.4 Å². The molecule has 3 heterocycles. The number of nitrogens with zero attached hydrogens (tertiary/aromatic N) is 3. The number of pyridine rings is 3. The third-order valence-corrected chi connectivity index (χ3v) is 4.78. The van der Waals surface area contributed by atoms with Crippen LogP contribution in [0, 0.1) is 11.6 Å². The summed E-state index contributed by atoms with van der Waals surface area (Å²) in [6.45, 7) is 3.36. The predicted octanol–water partition coefficient (Wildman–Crippen LogP) is 3.29. The second kappa shape index (κ2) is 8.55. The van der Waals surface area contributed by atoms with Crippen molar-refractivity contribution in [2.45, 2.75) is 19.3 Å². The van der Waals surface area contributed by atoms with Gasteiger partial charge in [0.15, 0.2) is 11.6 Å². The maximum Gasteiger partial charge on any atom is 0.337 e. The normalized spacial score (nSPS) is 11.2. The van der Waals surface area contributed by atoms with E-state index in [1.807, 2.05) is 0 Å². The first-order valence-corrected chi connectivity index (χ1v) is 9.30. The standard InChI is InChI=1S/C22H20F2N4O3/c1-22(2,21(30)25-3)17-7-5-6-15(27-17)18-13(23)11-14(24)19(28-18)16-10-12(8-9-26-16)20(29)31-4/h5-11H,1-4H3,(H,25,30). The molecule has 0 spiro atoms. The number of hydrogen-bond acceptors (Lipinski definition) is 6. The van der Waals surface area contributed by atoms with Crippen LogP contribution in [-0.2, 0) is 14.9 Å². The molecular formula is C22H20F2N4O3. The highest BCUT2D eigenvalue weighted by atomic mass is 19.1. The van der Waals surface area contributed by atoms with Crippen molar-refractivity contribution in [2.75, 3.05) is 14.2 Å². The fourth-order valence-corrected chi connectivity index (χ4v) is 2.97. The summed E-state index contributed by atoms with van der Waals surface area (Å²) in [5, 5.41) is 2.57. The van der Waals surface area contributed by atoms with E-state index in [0.29, 0.717) is 11.8 Å². The Morgan fingerprint density at radius 3 is 2.32 bits per heavy atom. The van der Waals surface area contributed by atoms with Crippen LogP contribution in [0.1, 0.15) is 29.9 Å². The highest BCUT2D eigenvalue weighted by Gasteiger charge is 2.31. The van der Waals surface area contributed by atoms with Crippen LogP contribution in [0.4, 0.5) is 8.78 Å². The summed E-state index contributed by atoms with van der Waals surface area (Å²) in [4.78, 5) is 36.5. The molecule has 3 aromatic heterocycles. The van der Waals surface area contributed by atoms with E-state index in [4.69, 9.17) is 0 Å². The smallest absolute Gasteiger partial charge is 0.337 e. The minimum Gasteiger partial charge on any atom is -0.465 e. The van der Waals surface area contributed by atoms with Gasteiger partial charge >= 0.3 is 5.97 Å². The highest BCUT2D eigenvalue weighted by Crippen LogP contribution is 2.29. The van der Waals surface area contributed by atoms with E-state index in [1.54, 1.807) is 26.0 Å². The van der Waals surface area contributed by atoms with Gasteiger partial charge in [-0.3, -0.25) is 9.78 Å². The molecule has 9 heteroatoms. The summed E-state index contributed by atoms with van der Waals surface area (Å²) < 4.78 is 33.8. The highest BCUT2D eigenvalue weighted by molar-refractivity contribution is 5.90. The number of aromatic nitrogens is 3. The van der Waals surface area contributed by atoms with Gasteiger partial charge in [0.25, 0.3) is 0 Å². The lowest BCUT2D eigenvalue weighted by Gasteiger charge is -2.22. The molecule has 0 aromatic carbocycles. The molecule has 7 nitrogen and oxygen atoms in total. The van der Waals surface area contributed by atoms with Crippen LogP contribution < -0.4 is 5.32 Å². The minimum atomic E-state index is -0.986. The number of hydrogen-bond donors (Lipinski definition) is 1. The largest absolute Gasteiger partial charge is 0.465 e. The van der Waals surface area contributed by atoms with Gasteiger partial charge < -0.3 is 10.1 Å². The minimum absolute atomic E-state index is 0.0310. The number of likely N-dealkylation sites (N-methyl/N-ethyl adjacent to an activating group) is 1. The summed E-state index contributed by atoms with van der Waals surface area (Å²) >= 11 is 0. The number of carbonyl (C=O) groups is 2. The molecule has 0 aliphatic carbocycles. The first kappa shape index (κ1) is 21.9. The summed E-state index contributed by atoms with van der Waals surface area (Å²) in [6, 6.07) is 8.16. The Kier molecular flexibility index (Phi) is 6.05. The van der Waals surface area contributed by atoms with Crippen molar-refractivity contribution in [3.8, 4) is 22.8 Å². The van der Waals surface area contributed by atoms with Crippen LogP contribution in [0.25, 0.3) is 22.8 Å². The lowest BCUT2D eigenvalue weighted by Crippen LogP contribution is -2.38. The Morgan fingerprint density at radius 1 is 1.00 bits per heavy atom. The van der Waals surface area contributed by atoms with E-state index in [-0.39, 0.29) is 34.2 Å². The molecule has 0 saturated heterocycles. The zero-order valence-corrected chi connectivity index (χ0v) is 17.4. The zero-order valence-electron chi connectivity index (χ0n) is 17.4. The second-order valence-corrected chi connectivity index (χ2v) is 7.18. The third kappa shape index (κ3) is 4.25. The molecule has 1 amide bonds. The van der Waals surface area contributed by atoms with Gasteiger partial charge in [-0.05, 0) is 38.1 Å². The summed E-state index contributed by atoms with van der Waals surface area (Å²) in [5.74, 6) is -2.77. The fraction of sp³-hybridized carbons (Fsp3) is 0.227. The number of carbonyl (C=O) groups excluding carboxylic acids is 2. The molecule has 0 aliphatic heterocycles. The average molecular weight is 426 g/mol. The van der Waals surface area contributed by atoms with Gasteiger partial charge in [-0.2, -0.15) is 0 Å². The molecule has 0 unspecified atom stereocenters. The predicted molar refractivity (Wildman–Crippen MR) is 109 cm³/mol. The molecule has 0 aliphatic rings.